The fraction of sp³-hybridized carbons (Fsp3) is 0.200. The summed E-state index contributed by atoms with van der Waals surface area (Å²) in [6, 6.07) is 3.65. The zero-order valence-corrected chi connectivity index (χ0v) is 7.65. The molecule has 0 saturated heterocycles. The summed E-state index contributed by atoms with van der Waals surface area (Å²) < 4.78 is 4.56. The van der Waals surface area contributed by atoms with E-state index in [1.54, 1.807) is 25.4 Å². The van der Waals surface area contributed by atoms with E-state index < -0.39 is 0 Å². The van der Waals surface area contributed by atoms with Gasteiger partial charge in [-0.1, -0.05) is 0 Å². The highest BCUT2D eigenvalue weighted by Gasteiger charge is 2.01. The number of methoxy groups -OCH3 is 1. The standard InChI is InChI=1S/C10H11NO2/c1-8(10(12)13-2)7-9-3-5-11-6-4-9/h3-7H,1-2H3/b8-7-. The van der Waals surface area contributed by atoms with Crippen molar-refractivity contribution in [1.29, 1.82) is 0 Å². The number of hydrogen-bond donors (Lipinski definition) is 0. The van der Waals surface area contributed by atoms with E-state index in [1.165, 1.54) is 7.11 Å². The molecule has 0 fully saturated rings. The van der Waals surface area contributed by atoms with Crippen molar-refractivity contribution in [2.75, 3.05) is 7.11 Å². The van der Waals surface area contributed by atoms with Gasteiger partial charge in [-0.05, 0) is 30.7 Å². The first-order chi connectivity index (χ1) is 6.24. The Balaban J connectivity index is 2.83. The molecule has 0 atom stereocenters. The van der Waals surface area contributed by atoms with E-state index in [1.807, 2.05) is 12.1 Å². The molecule has 0 aliphatic rings. The molecule has 0 aliphatic carbocycles. The van der Waals surface area contributed by atoms with Crippen molar-refractivity contribution >= 4 is 12.0 Å². The zero-order valence-electron chi connectivity index (χ0n) is 7.65. The minimum absolute atomic E-state index is 0.309. The second kappa shape index (κ2) is 4.40. The van der Waals surface area contributed by atoms with Gasteiger partial charge in [0.05, 0.1) is 7.11 Å². The van der Waals surface area contributed by atoms with Crippen LogP contribution < -0.4 is 0 Å². The lowest BCUT2D eigenvalue weighted by Gasteiger charge is -1.97. The van der Waals surface area contributed by atoms with Crippen LogP contribution in [-0.2, 0) is 9.53 Å². The minimum Gasteiger partial charge on any atom is -0.466 e. The van der Waals surface area contributed by atoms with Crippen LogP contribution in [0.15, 0.2) is 30.1 Å². The van der Waals surface area contributed by atoms with Crippen LogP contribution in [0, 0.1) is 0 Å². The van der Waals surface area contributed by atoms with Gasteiger partial charge in [0, 0.05) is 18.0 Å². The van der Waals surface area contributed by atoms with Gasteiger partial charge in [-0.2, -0.15) is 0 Å². The van der Waals surface area contributed by atoms with Crippen molar-refractivity contribution in [3.8, 4) is 0 Å². The second-order valence-corrected chi connectivity index (χ2v) is 2.60. The number of pyridine rings is 1. The predicted octanol–water partition coefficient (Wildman–Crippen LogP) is 1.66. The SMILES string of the molecule is COC(=O)/C(C)=C\c1ccncc1. The fourth-order valence-electron chi connectivity index (χ4n) is 0.930. The lowest BCUT2D eigenvalue weighted by atomic mass is 10.2. The molecular weight excluding hydrogens is 166 g/mol. The molecule has 1 rings (SSSR count). The van der Waals surface area contributed by atoms with Gasteiger partial charge >= 0.3 is 5.97 Å². The molecule has 0 aliphatic heterocycles. The van der Waals surface area contributed by atoms with E-state index in [-0.39, 0.29) is 5.97 Å². The van der Waals surface area contributed by atoms with Crippen molar-refractivity contribution < 1.29 is 9.53 Å². The highest BCUT2D eigenvalue weighted by Crippen LogP contribution is 2.05. The third-order valence-electron chi connectivity index (χ3n) is 1.60. The Morgan fingerprint density at radius 2 is 2.08 bits per heavy atom. The Labute approximate surface area is 77.1 Å². The van der Waals surface area contributed by atoms with Gasteiger partial charge in [0.15, 0.2) is 0 Å². The zero-order chi connectivity index (χ0) is 9.68. The first-order valence-corrected chi connectivity index (χ1v) is 3.90. The average molecular weight is 177 g/mol. The van der Waals surface area contributed by atoms with E-state index in [2.05, 4.69) is 9.72 Å². The normalized spacial score (nSPS) is 11.1. The summed E-state index contributed by atoms with van der Waals surface area (Å²) in [7, 11) is 1.37. The molecule has 0 amide bonds. The number of carbonyl (C=O) groups excluding carboxylic acids is 1. The van der Waals surface area contributed by atoms with E-state index in [0.717, 1.165) is 5.56 Å². The maximum atomic E-state index is 11.0. The molecule has 1 heterocycles. The molecule has 0 aromatic carbocycles. The van der Waals surface area contributed by atoms with E-state index in [9.17, 15) is 4.79 Å². The van der Waals surface area contributed by atoms with Crippen molar-refractivity contribution in [2.24, 2.45) is 0 Å². The van der Waals surface area contributed by atoms with Crippen molar-refractivity contribution in [3.05, 3.63) is 35.7 Å². The Bertz CT molecular complexity index is 317. The third-order valence-corrected chi connectivity index (χ3v) is 1.60. The molecule has 13 heavy (non-hydrogen) atoms. The Morgan fingerprint density at radius 3 is 2.62 bits per heavy atom. The third kappa shape index (κ3) is 2.71. The first kappa shape index (κ1) is 9.45. The van der Waals surface area contributed by atoms with E-state index >= 15 is 0 Å². The van der Waals surface area contributed by atoms with Crippen molar-refractivity contribution in [2.45, 2.75) is 6.92 Å². The monoisotopic (exact) mass is 177 g/mol. The van der Waals surface area contributed by atoms with Gasteiger partial charge in [0.2, 0.25) is 0 Å². The molecular formula is C10H11NO2. The molecule has 0 unspecified atom stereocenters. The van der Waals surface area contributed by atoms with Crippen LogP contribution in [0.1, 0.15) is 12.5 Å². The first-order valence-electron chi connectivity index (χ1n) is 3.90. The summed E-state index contributed by atoms with van der Waals surface area (Å²) in [5.41, 5.74) is 1.52. The molecule has 0 radical (unpaired) electrons. The van der Waals surface area contributed by atoms with Crippen LogP contribution in [0.3, 0.4) is 0 Å². The number of hydrogen-bond acceptors (Lipinski definition) is 3. The van der Waals surface area contributed by atoms with E-state index in [0.29, 0.717) is 5.57 Å². The van der Waals surface area contributed by atoms with Crippen molar-refractivity contribution in [1.82, 2.24) is 4.98 Å². The molecule has 0 spiro atoms. The minimum atomic E-state index is -0.309. The van der Waals surface area contributed by atoms with E-state index in [4.69, 9.17) is 0 Å². The van der Waals surface area contributed by atoms with Crippen LogP contribution >= 0.6 is 0 Å². The van der Waals surface area contributed by atoms with Gasteiger partial charge in [-0.3, -0.25) is 4.98 Å². The van der Waals surface area contributed by atoms with Crippen molar-refractivity contribution in [3.63, 3.8) is 0 Å². The molecule has 68 valence electrons. The largest absolute Gasteiger partial charge is 0.466 e. The lowest BCUT2D eigenvalue weighted by Crippen LogP contribution is -2.00. The number of rotatable bonds is 2. The second-order valence-electron chi connectivity index (χ2n) is 2.60. The van der Waals surface area contributed by atoms with Gasteiger partial charge in [-0.25, -0.2) is 4.79 Å². The number of nitrogens with zero attached hydrogens (tertiary/aromatic N) is 1. The molecule has 0 bridgehead atoms. The molecule has 0 N–H and O–H groups in total. The predicted molar refractivity (Wildman–Crippen MR) is 49.9 cm³/mol. The summed E-state index contributed by atoms with van der Waals surface area (Å²) in [4.78, 5) is 14.9. The smallest absolute Gasteiger partial charge is 0.333 e. The number of esters is 1. The van der Waals surface area contributed by atoms with Crippen LogP contribution in [0.4, 0.5) is 0 Å². The number of carbonyl (C=O) groups is 1. The molecule has 1 aromatic heterocycles. The van der Waals surface area contributed by atoms with Crippen LogP contribution in [0.25, 0.3) is 6.08 Å². The topological polar surface area (TPSA) is 39.2 Å². The van der Waals surface area contributed by atoms with Crippen LogP contribution in [0.2, 0.25) is 0 Å². The van der Waals surface area contributed by atoms with Gasteiger partial charge < -0.3 is 4.74 Å². The summed E-state index contributed by atoms with van der Waals surface area (Å²) in [5, 5.41) is 0. The molecule has 0 saturated carbocycles. The Hall–Kier alpha value is -1.64. The molecule has 1 aromatic rings. The number of ether oxygens (including phenoxy) is 1. The Morgan fingerprint density at radius 1 is 1.46 bits per heavy atom. The number of aromatic nitrogens is 1. The molecule has 3 nitrogen and oxygen atoms in total. The summed E-state index contributed by atoms with van der Waals surface area (Å²) in [5.74, 6) is -0.309. The quantitative estimate of drug-likeness (QED) is 0.509. The average Bonchev–Trinajstić information content (AvgIpc) is 2.18. The Kier molecular flexibility index (Phi) is 3.20. The fourth-order valence-corrected chi connectivity index (χ4v) is 0.930. The highest BCUT2D eigenvalue weighted by atomic mass is 16.5. The lowest BCUT2D eigenvalue weighted by molar-refractivity contribution is -0.135. The van der Waals surface area contributed by atoms with Gasteiger partial charge in [-0.15, -0.1) is 0 Å². The summed E-state index contributed by atoms with van der Waals surface area (Å²) >= 11 is 0. The van der Waals surface area contributed by atoms with Crippen LogP contribution in [0.5, 0.6) is 0 Å². The summed E-state index contributed by atoms with van der Waals surface area (Å²) in [6.45, 7) is 1.71. The maximum absolute atomic E-state index is 11.0. The van der Waals surface area contributed by atoms with Gasteiger partial charge in [0.1, 0.15) is 0 Å². The highest BCUT2D eigenvalue weighted by molar-refractivity contribution is 5.92. The maximum Gasteiger partial charge on any atom is 0.333 e. The molecule has 3 heteroatoms. The van der Waals surface area contributed by atoms with Gasteiger partial charge in [0.25, 0.3) is 0 Å². The summed E-state index contributed by atoms with van der Waals surface area (Å²) in [6.07, 6.45) is 5.11. The van der Waals surface area contributed by atoms with Crippen LogP contribution in [-0.4, -0.2) is 18.1 Å².